The first kappa shape index (κ1) is 15.0. The van der Waals surface area contributed by atoms with E-state index in [1.165, 1.54) is 0 Å². The molecule has 0 fully saturated rings. The summed E-state index contributed by atoms with van der Waals surface area (Å²) in [4.78, 5) is 17.6. The standard InChI is InChI=1S/C19H19N3O/c1-13-18(16-8-10-17(20)11-9-16)19(23)22(14(2)21-13)12-15-6-4-3-5-7-15/h3-11H,12,20H2,1-2H3. The Morgan fingerprint density at radius 2 is 1.65 bits per heavy atom. The van der Waals surface area contributed by atoms with E-state index in [0.717, 1.165) is 22.6 Å². The van der Waals surface area contributed by atoms with Gasteiger partial charge in [0.1, 0.15) is 5.82 Å². The first-order chi connectivity index (χ1) is 11.1. The third-order valence-corrected chi connectivity index (χ3v) is 3.92. The highest BCUT2D eigenvalue weighted by Crippen LogP contribution is 2.20. The van der Waals surface area contributed by atoms with Crippen LogP contribution in [0.1, 0.15) is 17.1 Å². The molecule has 1 heterocycles. The third kappa shape index (κ3) is 3.01. The van der Waals surface area contributed by atoms with E-state index in [2.05, 4.69) is 4.98 Å². The number of hydrogen-bond acceptors (Lipinski definition) is 3. The molecule has 116 valence electrons. The molecule has 0 spiro atoms. The molecular formula is C19H19N3O. The van der Waals surface area contributed by atoms with Crippen LogP contribution in [0.3, 0.4) is 0 Å². The van der Waals surface area contributed by atoms with Crippen LogP contribution in [0.15, 0.2) is 59.4 Å². The van der Waals surface area contributed by atoms with Gasteiger partial charge >= 0.3 is 0 Å². The van der Waals surface area contributed by atoms with Crippen molar-refractivity contribution in [3.8, 4) is 11.1 Å². The summed E-state index contributed by atoms with van der Waals surface area (Å²) in [5.41, 5.74) is 9.68. The van der Waals surface area contributed by atoms with Gasteiger partial charge in [-0.15, -0.1) is 0 Å². The lowest BCUT2D eigenvalue weighted by molar-refractivity contribution is 0.697. The Labute approximate surface area is 135 Å². The van der Waals surface area contributed by atoms with Gasteiger partial charge in [-0.3, -0.25) is 9.36 Å². The number of aromatic nitrogens is 2. The highest BCUT2D eigenvalue weighted by molar-refractivity contribution is 5.66. The van der Waals surface area contributed by atoms with Crippen molar-refractivity contribution in [1.29, 1.82) is 0 Å². The SMILES string of the molecule is Cc1nc(C)n(Cc2ccccc2)c(=O)c1-c1ccc(N)cc1. The van der Waals surface area contributed by atoms with Crippen LogP contribution in [0.4, 0.5) is 5.69 Å². The summed E-state index contributed by atoms with van der Waals surface area (Å²) in [6, 6.07) is 17.3. The van der Waals surface area contributed by atoms with Crippen LogP contribution in [-0.2, 0) is 6.54 Å². The summed E-state index contributed by atoms with van der Waals surface area (Å²) in [7, 11) is 0. The molecule has 0 aliphatic heterocycles. The molecule has 3 aromatic rings. The second-order valence-corrected chi connectivity index (χ2v) is 5.62. The lowest BCUT2D eigenvalue weighted by Gasteiger charge is -2.14. The number of nitrogens with two attached hydrogens (primary N) is 1. The molecule has 4 heteroatoms. The molecule has 2 N–H and O–H groups in total. The van der Waals surface area contributed by atoms with Gasteiger partial charge in [0.2, 0.25) is 0 Å². The van der Waals surface area contributed by atoms with E-state index in [1.807, 2.05) is 56.3 Å². The number of anilines is 1. The van der Waals surface area contributed by atoms with Gasteiger partial charge in [-0.05, 0) is 37.1 Å². The number of benzene rings is 2. The Morgan fingerprint density at radius 1 is 1.00 bits per heavy atom. The lowest BCUT2D eigenvalue weighted by Crippen LogP contribution is -2.27. The van der Waals surface area contributed by atoms with Gasteiger partial charge in [-0.25, -0.2) is 4.98 Å². The zero-order chi connectivity index (χ0) is 16.4. The van der Waals surface area contributed by atoms with Gasteiger partial charge in [0.05, 0.1) is 17.8 Å². The quantitative estimate of drug-likeness (QED) is 0.756. The van der Waals surface area contributed by atoms with E-state index in [1.54, 1.807) is 16.7 Å². The van der Waals surface area contributed by atoms with Crippen molar-refractivity contribution < 1.29 is 0 Å². The zero-order valence-electron chi connectivity index (χ0n) is 13.3. The maximum absolute atomic E-state index is 13.0. The second kappa shape index (κ2) is 6.08. The van der Waals surface area contributed by atoms with Gasteiger partial charge in [0.25, 0.3) is 5.56 Å². The smallest absolute Gasteiger partial charge is 0.261 e. The highest BCUT2D eigenvalue weighted by Gasteiger charge is 2.14. The summed E-state index contributed by atoms with van der Waals surface area (Å²) in [6.07, 6.45) is 0. The number of hydrogen-bond donors (Lipinski definition) is 1. The minimum absolute atomic E-state index is 0.0244. The van der Waals surface area contributed by atoms with Gasteiger partial charge in [-0.2, -0.15) is 0 Å². The molecule has 2 aromatic carbocycles. The summed E-state index contributed by atoms with van der Waals surface area (Å²) in [6.45, 7) is 4.25. The van der Waals surface area contributed by atoms with Gasteiger partial charge in [-0.1, -0.05) is 42.5 Å². The van der Waals surface area contributed by atoms with Gasteiger partial charge in [0.15, 0.2) is 0 Å². The predicted octanol–water partition coefficient (Wildman–Crippen LogP) is 3.16. The Hall–Kier alpha value is -2.88. The Bertz CT molecular complexity index is 881. The average molecular weight is 305 g/mol. The Balaban J connectivity index is 2.13. The van der Waals surface area contributed by atoms with E-state index < -0.39 is 0 Å². The molecule has 4 nitrogen and oxygen atoms in total. The molecule has 1 aromatic heterocycles. The normalized spacial score (nSPS) is 10.7. The maximum Gasteiger partial charge on any atom is 0.261 e. The second-order valence-electron chi connectivity index (χ2n) is 5.62. The van der Waals surface area contributed by atoms with Crippen molar-refractivity contribution in [3.63, 3.8) is 0 Å². The first-order valence-corrected chi connectivity index (χ1v) is 7.54. The molecule has 3 rings (SSSR count). The molecule has 0 aliphatic carbocycles. The molecule has 0 saturated heterocycles. The van der Waals surface area contributed by atoms with Crippen LogP contribution >= 0.6 is 0 Å². The third-order valence-electron chi connectivity index (χ3n) is 3.92. The average Bonchev–Trinajstić information content (AvgIpc) is 2.54. The van der Waals surface area contributed by atoms with Crippen LogP contribution in [0, 0.1) is 13.8 Å². The fourth-order valence-corrected chi connectivity index (χ4v) is 2.73. The molecule has 0 bridgehead atoms. The molecule has 0 amide bonds. The van der Waals surface area contributed by atoms with Crippen LogP contribution in [0.2, 0.25) is 0 Å². The minimum atomic E-state index is -0.0244. The molecule has 23 heavy (non-hydrogen) atoms. The minimum Gasteiger partial charge on any atom is -0.399 e. The Kier molecular flexibility index (Phi) is 3.98. The number of aryl methyl sites for hydroxylation is 2. The van der Waals surface area contributed by atoms with Gasteiger partial charge < -0.3 is 5.73 Å². The molecular weight excluding hydrogens is 286 g/mol. The van der Waals surface area contributed by atoms with E-state index in [0.29, 0.717) is 17.8 Å². The predicted molar refractivity (Wildman–Crippen MR) is 93.4 cm³/mol. The number of nitrogens with zero attached hydrogens (tertiary/aromatic N) is 2. The monoisotopic (exact) mass is 305 g/mol. The van der Waals surface area contributed by atoms with Crippen molar-refractivity contribution in [1.82, 2.24) is 9.55 Å². The van der Waals surface area contributed by atoms with Gasteiger partial charge in [0, 0.05) is 5.69 Å². The van der Waals surface area contributed by atoms with Crippen LogP contribution in [0.25, 0.3) is 11.1 Å². The topological polar surface area (TPSA) is 60.9 Å². The zero-order valence-corrected chi connectivity index (χ0v) is 13.3. The number of rotatable bonds is 3. The lowest BCUT2D eigenvalue weighted by atomic mass is 10.1. The van der Waals surface area contributed by atoms with Crippen LogP contribution < -0.4 is 11.3 Å². The molecule has 0 aliphatic rings. The molecule has 0 atom stereocenters. The molecule has 0 radical (unpaired) electrons. The molecule has 0 unspecified atom stereocenters. The van der Waals surface area contributed by atoms with E-state index in [4.69, 9.17) is 5.73 Å². The first-order valence-electron chi connectivity index (χ1n) is 7.54. The van der Waals surface area contributed by atoms with Crippen molar-refractivity contribution in [2.45, 2.75) is 20.4 Å². The summed E-state index contributed by atoms with van der Waals surface area (Å²) < 4.78 is 1.72. The fourth-order valence-electron chi connectivity index (χ4n) is 2.73. The van der Waals surface area contributed by atoms with Crippen molar-refractivity contribution in [3.05, 3.63) is 82.0 Å². The van der Waals surface area contributed by atoms with E-state index >= 15 is 0 Å². The van der Waals surface area contributed by atoms with Crippen molar-refractivity contribution >= 4 is 5.69 Å². The van der Waals surface area contributed by atoms with E-state index in [9.17, 15) is 4.79 Å². The van der Waals surface area contributed by atoms with Crippen molar-refractivity contribution in [2.24, 2.45) is 0 Å². The van der Waals surface area contributed by atoms with Crippen LogP contribution in [-0.4, -0.2) is 9.55 Å². The van der Waals surface area contributed by atoms with Crippen molar-refractivity contribution in [2.75, 3.05) is 5.73 Å². The summed E-state index contributed by atoms with van der Waals surface area (Å²) >= 11 is 0. The number of nitrogen functional groups attached to an aromatic ring is 1. The summed E-state index contributed by atoms with van der Waals surface area (Å²) in [5.74, 6) is 0.718. The maximum atomic E-state index is 13.0. The molecule has 0 saturated carbocycles. The van der Waals surface area contributed by atoms with Crippen LogP contribution in [0.5, 0.6) is 0 Å². The van der Waals surface area contributed by atoms with E-state index in [-0.39, 0.29) is 5.56 Å². The summed E-state index contributed by atoms with van der Waals surface area (Å²) in [5, 5.41) is 0. The largest absolute Gasteiger partial charge is 0.399 e. The Morgan fingerprint density at radius 3 is 2.30 bits per heavy atom. The highest BCUT2D eigenvalue weighted by atomic mass is 16.1. The fraction of sp³-hybridized carbons (Fsp3) is 0.158.